The highest BCUT2D eigenvalue weighted by Gasteiger charge is 2.30. The molecule has 1 aliphatic heterocycles. The molecule has 0 aromatic rings. The van der Waals surface area contributed by atoms with Crippen molar-refractivity contribution in [1.29, 1.82) is 0 Å². The number of aliphatic carboxylic acids is 1. The number of hydrogen-bond donors (Lipinski definition) is 5. The Morgan fingerprint density at radius 3 is 2.24 bits per heavy atom. The normalized spacial score (nSPS) is 26.0. The summed E-state index contributed by atoms with van der Waals surface area (Å²) in [5.41, 5.74) is 4.74. The molecule has 0 amide bonds. The van der Waals surface area contributed by atoms with Gasteiger partial charge < -0.3 is 30.9 Å². The smallest absolute Gasteiger partial charge is 0.320 e. The molecule has 7 nitrogen and oxygen atoms in total. The third-order valence-corrected chi connectivity index (χ3v) is 2.45. The van der Waals surface area contributed by atoms with Crippen molar-refractivity contribution >= 4 is 5.97 Å². The van der Waals surface area contributed by atoms with Crippen molar-refractivity contribution < 1.29 is 38.7 Å². The average molecular weight is 316 g/mol. The van der Waals surface area contributed by atoms with Gasteiger partial charge in [-0.25, -0.2) is 8.78 Å². The first-order chi connectivity index (χ1) is 9.79. The van der Waals surface area contributed by atoms with E-state index in [4.69, 9.17) is 30.9 Å². The summed E-state index contributed by atoms with van der Waals surface area (Å²) in [5, 5.41) is 34.7. The van der Waals surface area contributed by atoms with E-state index >= 15 is 0 Å². The summed E-state index contributed by atoms with van der Waals surface area (Å²) in [7, 11) is 0. The lowest BCUT2D eigenvalue weighted by atomic mass is 10.0. The highest BCUT2D eigenvalue weighted by molar-refractivity contribution is 5.72. The van der Waals surface area contributed by atoms with Gasteiger partial charge in [0.2, 0.25) is 6.43 Å². The van der Waals surface area contributed by atoms with Crippen molar-refractivity contribution in [1.82, 2.24) is 0 Å². The van der Waals surface area contributed by atoms with Crippen LogP contribution in [0.3, 0.4) is 0 Å². The van der Waals surface area contributed by atoms with E-state index in [-0.39, 0.29) is 6.61 Å². The maximum atomic E-state index is 11.3. The van der Waals surface area contributed by atoms with E-state index in [1.54, 1.807) is 6.92 Å². The predicted octanol–water partition coefficient (Wildman–Crippen LogP) is -0.617. The van der Waals surface area contributed by atoms with Crippen LogP contribution in [0.1, 0.15) is 19.8 Å². The lowest BCUT2D eigenvalue weighted by Gasteiger charge is -2.30. The minimum atomic E-state index is -2.64. The van der Waals surface area contributed by atoms with Crippen LogP contribution in [0.2, 0.25) is 0 Å². The Kier molecular flexibility index (Phi) is 13.5. The minimum Gasteiger partial charge on any atom is -0.480 e. The van der Waals surface area contributed by atoms with Gasteiger partial charge in [0.25, 0.3) is 0 Å². The molecule has 0 saturated carbocycles. The number of carboxylic acids is 1. The summed E-state index contributed by atoms with van der Waals surface area (Å²) in [6, 6.07) is -1.44. The Bertz CT molecular complexity index is 270. The third-order valence-electron chi connectivity index (χ3n) is 2.45. The predicted molar refractivity (Wildman–Crippen MR) is 70.7 cm³/mol. The molecule has 1 heterocycles. The lowest BCUT2D eigenvalue weighted by molar-refractivity contribution is -0.147. The van der Waals surface area contributed by atoms with Crippen LogP contribution in [0.5, 0.6) is 0 Å². The van der Waals surface area contributed by atoms with E-state index < -0.39 is 43.2 Å². The van der Waals surface area contributed by atoms with Gasteiger partial charge in [-0.2, -0.15) is 0 Å². The van der Waals surface area contributed by atoms with Crippen molar-refractivity contribution in [2.75, 3.05) is 13.2 Å². The Labute approximate surface area is 122 Å². The summed E-state index contributed by atoms with van der Waals surface area (Å²) >= 11 is 0. The molecule has 0 spiro atoms. The van der Waals surface area contributed by atoms with Crippen molar-refractivity contribution in [2.24, 2.45) is 5.73 Å². The molecule has 0 aliphatic carbocycles. The monoisotopic (exact) mass is 316 g/mol. The number of hydrogen-bond acceptors (Lipinski definition) is 6. The molecule has 0 bridgehead atoms. The van der Waals surface area contributed by atoms with E-state index in [1.807, 2.05) is 0 Å². The van der Waals surface area contributed by atoms with Gasteiger partial charge in [-0.15, -0.1) is 0 Å². The largest absolute Gasteiger partial charge is 0.480 e. The quantitative estimate of drug-likeness (QED) is 0.437. The van der Waals surface area contributed by atoms with Gasteiger partial charge in [0.05, 0.1) is 26.6 Å². The molecule has 0 aromatic heterocycles. The van der Waals surface area contributed by atoms with Crippen molar-refractivity contribution in [2.45, 2.75) is 50.5 Å². The number of halogens is 2. The molecule has 1 rings (SSSR count). The van der Waals surface area contributed by atoms with Crippen LogP contribution in [-0.4, -0.2) is 70.4 Å². The summed E-state index contributed by atoms with van der Waals surface area (Å²) in [4.78, 5) is 9.78. The van der Waals surface area contributed by atoms with Crippen LogP contribution < -0.4 is 5.73 Å². The Hall–Kier alpha value is -1.00. The van der Waals surface area contributed by atoms with Gasteiger partial charge in [-0.05, 0) is 6.42 Å². The van der Waals surface area contributed by atoms with Gasteiger partial charge in [0, 0.05) is 13.0 Å². The first-order valence-corrected chi connectivity index (χ1v) is 6.35. The van der Waals surface area contributed by atoms with E-state index in [0.717, 1.165) is 0 Å². The maximum absolute atomic E-state index is 11.3. The lowest BCUT2D eigenvalue weighted by Crippen LogP contribution is -2.46. The summed E-state index contributed by atoms with van der Waals surface area (Å²) in [6.07, 6.45) is -5.27. The Balaban J connectivity index is 0. The molecule has 0 radical (unpaired) electrons. The fourth-order valence-electron chi connectivity index (χ4n) is 1.31. The molecule has 6 N–H and O–H groups in total. The molecule has 4 atom stereocenters. The highest BCUT2D eigenvalue weighted by Crippen LogP contribution is 2.13. The highest BCUT2D eigenvalue weighted by atomic mass is 19.3. The zero-order valence-electron chi connectivity index (χ0n) is 11.9. The number of rotatable bonds is 4. The molecule has 4 unspecified atom stereocenters. The van der Waals surface area contributed by atoms with Crippen LogP contribution in [0.4, 0.5) is 8.78 Å². The molecule has 1 fully saturated rings. The first-order valence-electron chi connectivity index (χ1n) is 6.35. The molecule has 126 valence electrons. The zero-order chi connectivity index (χ0) is 17.0. The van der Waals surface area contributed by atoms with Crippen LogP contribution >= 0.6 is 0 Å². The topological polar surface area (TPSA) is 133 Å². The van der Waals surface area contributed by atoms with Crippen molar-refractivity contribution in [3.63, 3.8) is 0 Å². The van der Waals surface area contributed by atoms with Gasteiger partial charge >= 0.3 is 5.97 Å². The summed E-state index contributed by atoms with van der Waals surface area (Å²) in [6.45, 7) is 5.17. The Morgan fingerprint density at radius 1 is 1.43 bits per heavy atom. The molecule has 0 aromatic carbocycles. The second-order valence-electron chi connectivity index (χ2n) is 4.01. The molecule has 21 heavy (non-hydrogen) atoms. The zero-order valence-corrected chi connectivity index (χ0v) is 11.9. The van der Waals surface area contributed by atoms with Crippen LogP contribution in [-0.2, 0) is 9.53 Å². The second kappa shape index (κ2) is 12.7. The van der Waals surface area contributed by atoms with E-state index in [1.165, 1.54) is 0 Å². The van der Waals surface area contributed by atoms with E-state index in [2.05, 4.69) is 6.92 Å². The summed E-state index contributed by atoms with van der Waals surface area (Å²) in [5.74, 6) is -1.39. The molecular weight excluding hydrogens is 292 g/mol. The molecule has 1 saturated heterocycles. The first kappa shape index (κ1) is 22.3. The van der Waals surface area contributed by atoms with Gasteiger partial charge in [-0.1, -0.05) is 0 Å². The SMILES string of the molecule is NC(CC(F)F)C(=O)O.OCC1OCCC(O)C1O.[CH2+]C. The van der Waals surface area contributed by atoms with E-state index in [0.29, 0.717) is 13.0 Å². The number of ether oxygens (including phenoxy) is 1. The minimum absolute atomic E-state index is 0.238. The number of alkyl halides is 2. The van der Waals surface area contributed by atoms with Gasteiger partial charge in [-0.3, -0.25) is 4.79 Å². The van der Waals surface area contributed by atoms with Gasteiger partial charge in [0.15, 0.2) is 0 Å². The van der Waals surface area contributed by atoms with Crippen molar-refractivity contribution in [3.8, 4) is 0 Å². The number of carboxylic acid groups (broad SMARTS) is 1. The molecular formula is C12H24F2NO6+. The third kappa shape index (κ3) is 10.4. The number of carbonyl (C=O) groups is 1. The van der Waals surface area contributed by atoms with E-state index in [9.17, 15) is 13.6 Å². The fraction of sp³-hybridized carbons (Fsp3) is 0.833. The van der Waals surface area contributed by atoms with Crippen LogP contribution in [0.25, 0.3) is 0 Å². The number of aliphatic hydroxyl groups is 3. The molecule has 9 heteroatoms. The standard InChI is InChI=1S/C6H12O4.C4H7F2NO2.C2H5/c7-3-5-6(9)4(8)1-2-10-5;5-3(6)1-2(7)4(8)9;1-2/h4-9H,1-3H2;2-3H,1,7H2,(H,8,9);1H2,2H3/q;;+1. The average Bonchev–Trinajstić information content (AvgIpc) is 2.44. The molecule has 1 aliphatic rings. The van der Waals surface area contributed by atoms with Crippen LogP contribution in [0.15, 0.2) is 0 Å². The number of aliphatic hydroxyl groups excluding tert-OH is 3. The second-order valence-corrected chi connectivity index (χ2v) is 4.01. The van der Waals surface area contributed by atoms with Gasteiger partial charge in [0.1, 0.15) is 18.2 Å². The van der Waals surface area contributed by atoms with Crippen LogP contribution in [0, 0.1) is 6.92 Å². The Morgan fingerprint density at radius 2 is 1.95 bits per heavy atom. The maximum Gasteiger partial charge on any atom is 0.320 e. The summed E-state index contributed by atoms with van der Waals surface area (Å²) < 4.78 is 27.6. The number of nitrogens with two attached hydrogens (primary N) is 1. The van der Waals surface area contributed by atoms with Crippen molar-refractivity contribution in [3.05, 3.63) is 6.92 Å². The fourth-order valence-corrected chi connectivity index (χ4v) is 1.31.